The molecule has 0 bridgehead atoms. The molecule has 0 saturated heterocycles. The molecule has 1 unspecified atom stereocenters. The zero-order valence-electron chi connectivity index (χ0n) is 18.9. The van der Waals surface area contributed by atoms with Crippen LogP contribution in [0.4, 0.5) is 4.39 Å². The number of hydrogen-bond acceptors (Lipinski definition) is 6. The summed E-state index contributed by atoms with van der Waals surface area (Å²) in [6, 6.07) is 20.5. The van der Waals surface area contributed by atoms with Crippen molar-refractivity contribution in [3.63, 3.8) is 0 Å². The number of fused-ring (bicyclic) bond motifs is 1. The van der Waals surface area contributed by atoms with Gasteiger partial charge in [0, 0.05) is 34.6 Å². The van der Waals surface area contributed by atoms with Crippen LogP contribution < -0.4 is 9.47 Å². The molecule has 3 aromatic carbocycles. The minimum absolute atomic E-state index is 0.289. The Hall–Kier alpha value is -3.36. The van der Waals surface area contributed by atoms with E-state index in [4.69, 9.17) is 14.2 Å². The molecule has 1 aliphatic rings. The highest BCUT2D eigenvalue weighted by molar-refractivity contribution is 7.98. The van der Waals surface area contributed by atoms with E-state index in [1.807, 2.05) is 54.6 Å². The number of halogens is 1. The summed E-state index contributed by atoms with van der Waals surface area (Å²) in [5.41, 5.74) is 3.35. The lowest BCUT2D eigenvalue weighted by molar-refractivity contribution is -0.112. The van der Waals surface area contributed by atoms with Gasteiger partial charge in [-0.2, -0.15) is 0 Å². The monoisotopic (exact) mass is 477 g/mol. The summed E-state index contributed by atoms with van der Waals surface area (Å²) in [5.74, 6) is 2.42. The lowest BCUT2D eigenvalue weighted by Gasteiger charge is -2.28. The fourth-order valence-corrected chi connectivity index (χ4v) is 4.90. The SMILES string of the molecule is CCn1c(SCc2cc(F)cc3c2OC(c2ccccc2)OC3)nnc1-c1ccc(OC)cc1. The van der Waals surface area contributed by atoms with Crippen molar-refractivity contribution < 1.29 is 18.6 Å². The van der Waals surface area contributed by atoms with Crippen molar-refractivity contribution in [3.8, 4) is 22.9 Å². The number of ether oxygens (including phenoxy) is 3. The Morgan fingerprint density at radius 1 is 1.09 bits per heavy atom. The van der Waals surface area contributed by atoms with Gasteiger partial charge in [0.2, 0.25) is 6.29 Å². The van der Waals surface area contributed by atoms with E-state index in [2.05, 4.69) is 21.7 Å². The Bertz CT molecular complexity index is 1280. The van der Waals surface area contributed by atoms with Crippen LogP contribution in [0.15, 0.2) is 71.9 Å². The first kappa shape index (κ1) is 22.4. The second-order valence-corrected chi connectivity index (χ2v) is 8.73. The number of rotatable bonds is 7. The molecule has 6 nitrogen and oxygen atoms in total. The number of thioether (sulfide) groups is 1. The van der Waals surface area contributed by atoms with E-state index in [9.17, 15) is 4.39 Å². The first-order valence-electron chi connectivity index (χ1n) is 11.0. The molecule has 5 rings (SSSR count). The third-order valence-corrected chi connectivity index (χ3v) is 6.65. The average Bonchev–Trinajstić information content (AvgIpc) is 3.30. The summed E-state index contributed by atoms with van der Waals surface area (Å²) in [6.07, 6.45) is -0.524. The molecule has 8 heteroatoms. The number of methoxy groups -OCH3 is 1. The molecule has 4 aromatic rings. The number of aromatic nitrogens is 3. The maximum Gasteiger partial charge on any atom is 0.227 e. The molecule has 2 heterocycles. The molecule has 1 aliphatic heterocycles. The first-order valence-corrected chi connectivity index (χ1v) is 12.0. The van der Waals surface area contributed by atoms with E-state index >= 15 is 0 Å². The Balaban J connectivity index is 1.39. The van der Waals surface area contributed by atoms with Crippen molar-refractivity contribution in [1.82, 2.24) is 14.8 Å². The Morgan fingerprint density at radius 2 is 1.88 bits per heavy atom. The van der Waals surface area contributed by atoms with Gasteiger partial charge < -0.3 is 18.8 Å². The van der Waals surface area contributed by atoms with Gasteiger partial charge in [0.25, 0.3) is 0 Å². The van der Waals surface area contributed by atoms with Gasteiger partial charge in [-0.1, -0.05) is 42.1 Å². The van der Waals surface area contributed by atoms with Gasteiger partial charge in [-0.15, -0.1) is 10.2 Å². The third-order valence-electron chi connectivity index (χ3n) is 5.63. The van der Waals surface area contributed by atoms with Crippen LogP contribution in [-0.2, 0) is 23.6 Å². The third kappa shape index (κ3) is 4.51. The predicted octanol–water partition coefficient (Wildman–Crippen LogP) is 6.01. The number of nitrogens with zero attached hydrogens (tertiary/aromatic N) is 3. The zero-order valence-corrected chi connectivity index (χ0v) is 19.7. The van der Waals surface area contributed by atoms with E-state index < -0.39 is 6.29 Å². The highest BCUT2D eigenvalue weighted by Crippen LogP contribution is 2.39. The largest absolute Gasteiger partial charge is 0.497 e. The summed E-state index contributed by atoms with van der Waals surface area (Å²) >= 11 is 1.50. The van der Waals surface area contributed by atoms with Crippen LogP contribution in [0.2, 0.25) is 0 Å². The smallest absolute Gasteiger partial charge is 0.227 e. The quantitative estimate of drug-likeness (QED) is 0.304. The molecule has 34 heavy (non-hydrogen) atoms. The van der Waals surface area contributed by atoms with Crippen LogP contribution in [0, 0.1) is 5.82 Å². The summed E-state index contributed by atoms with van der Waals surface area (Å²) in [5, 5.41) is 9.57. The normalized spacial score (nSPS) is 15.0. The fraction of sp³-hybridized carbons (Fsp3) is 0.231. The zero-order chi connectivity index (χ0) is 23.5. The summed E-state index contributed by atoms with van der Waals surface area (Å²) in [7, 11) is 1.64. The van der Waals surface area contributed by atoms with Gasteiger partial charge in [-0.05, 0) is 43.3 Å². The van der Waals surface area contributed by atoms with Crippen LogP contribution in [0.25, 0.3) is 11.4 Å². The molecular formula is C26H24FN3O3S. The Morgan fingerprint density at radius 3 is 2.62 bits per heavy atom. The minimum Gasteiger partial charge on any atom is -0.497 e. The van der Waals surface area contributed by atoms with Gasteiger partial charge in [0.1, 0.15) is 17.3 Å². The number of benzene rings is 3. The lowest BCUT2D eigenvalue weighted by Crippen LogP contribution is -2.19. The van der Waals surface area contributed by atoms with Crippen LogP contribution >= 0.6 is 11.8 Å². The predicted molar refractivity (Wildman–Crippen MR) is 128 cm³/mol. The van der Waals surface area contributed by atoms with Crippen LogP contribution in [0.5, 0.6) is 11.5 Å². The van der Waals surface area contributed by atoms with E-state index in [0.29, 0.717) is 23.6 Å². The molecule has 0 N–H and O–H groups in total. The highest BCUT2D eigenvalue weighted by Gasteiger charge is 2.25. The van der Waals surface area contributed by atoms with Gasteiger partial charge >= 0.3 is 0 Å². The molecular weight excluding hydrogens is 453 g/mol. The maximum atomic E-state index is 14.4. The van der Waals surface area contributed by atoms with E-state index in [1.54, 1.807) is 7.11 Å². The van der Waals surface area contributed by atoms with Crippen molar-refractivity contribution in [2.75, 3.05) is 7.11 Å². The second-order valence-electron chi connectivity index (χ2n) is 7.79. The van der Waals surface area contributed by atoms with E-state index in [-0.39, 0.29) is 12.4 Å². The molecule has 0 radical (unpaired) electrons. The van der Waals surface area contributed by atoms with Crippen LogP contribution in [0.3, 0.4) is 0 Å². The number of hydrogen-bond donors (Lipinski definition) is 0. The molecule has 0 amide bonds. The Labute approximate surface area is 201 Å². The van der Waals surface area contributed by atoms with Gasteiger partial charge in [-0.3, -0.25) is 0 Å². The first-order chi connectivity index (χ1) is 16.7. The average molecular weight is 478 g/mol. The van der Waals surface area contributed by atoms with Crippen molar-refractivity contribution in [3.05, 3.63) is 89.2 Å². The van der Waals surface area contributed by atoms with E-state index in [1.165, 1.54) is 23.9 Å². The summed E-state index contributed by atoms with van der Waals surface area (Å²) < 4.78 is 33.7. The van der Waals surface area contributed by atoms with Gasteiger partial charge in [0.15, 0.2) is 11.0 Å². The summed E-state index contributed by atoms with van der Waals surface area (Å²) in [6.45, 7) is 3.05. The minimum atomic E-state index is -0.524. The second kappa shape index (κ2) is 9.87. The van der Waals surface area contributed by atoms with Crippen molar-refractivity contribution in [2.24, 2.45) is 0 Å². The topological polar surface area (TPSA) is 58.4 Å². The van der Waals surface area contributed by atoms with Gasteiger partial charge in [0.05, 0.1) is 13.7 Å². The molecule has 0 saturated carbocycles. The standard InChI is InChI=1S/C26H24FN3O3S/c1-3-30-24(17-9-11-22(31-2)12-10-17)28-29-26(30)34-16-20-14-21(27)13-19-15-32-25(33-23(19)20)18-7-5-4-6-8-18/h4-14,25H,3,15-16H2,1-2H3. The fourth-order valence-electron chi connectivity index (χ4n) is 3.94. The Kier molecular flexibility index (Phi) is 6.51. The lowest BCUT2D eigenvalue weighted by atomic mass is 10.1. The van der Waals surface area contributed by atoms with Crippen LogP contribution in [0.1, 0.15) is 29.9 Å². The maximum absolute atomic E-state index is 14.4. The summed E-state index contributed by atoms with van der Waals surface area (Å²) in [4.78, 5) is 0. The van der Waals surface area contributed by atoms with Crippen molar-refractivity contribution in [2.45, 2.75) is 37.3 Å². The molecule has 1 aromatic heterocycles. The molecule has 0 spiro atoms. The van der Waals surface area contributed by atoms with E-state index in [0.717, 1.165) is 33.4 Å². The van der Waals surface area contributed by atoms with Crippen molar-refractivity contribution >= 4 is 11.8 Å². The van der Waals surface area contributed by atoms with Crippen LogP contribution in [-0.4, -0.2) is 21.9 Å². The molecule has 174 valence electrons. The molecule has 0 aliphatic carbocycles. The highest BCUT2D eigenvalue weighted by atomic mass is 32.2. The van der Waals surface area contributed by atoms with Gasteiger partial charge in [-0.25, -0.2) is 4.39 Å². The molecule has 0 fully saturated rings. The molecule has 1 atom stereocenters. The van der Waals surface area contributed by atoms with Crippen molar-refractivity contribution in [1.29, 1.82) is 0 Å².